The molecule has 9 nitrogen and oxygen atoms in total. The Hall–Kier alpha value is -0.990. The van der Waals surface area contributed by atoms with Crippen LogP contribution in [0.1, 0.15) is 246 Å². The molecule has 0 radical (unpaired) electrons. The number of hydrogen-bond acceptors (Lipinski definition) is 8. The molecule has 46 heavy (non-hydrogen) atoms. The van der Waals surface area contributed by atoms with Crippen molar-refractivity contribution < 1.29 is 122 Å². The first-order chi connectivity index (χ1) is 43.8. The number of quaternary nitrogens is 1. The second kappa shape index (κ2) is 30.1. The Morgan fingerprint density at radius 1 is 0.652 bits per heavy atom. The summed E-state index contributed by atoms with van der Waals surface area (Å²) in [5.41, 5.74) is 0. The van der Waals surface area contributed by atoms with Gasteiger partial charge in [0.2, 0.25) is 0 Å². The van der Waals surface area contributed by atoms with Gasteiger partial charge in [0.05, 0.1) is 33.2 Å². The molecule has 0 saturated heterocycles. The summed E-state index contributed by atoms with van der Waals surface area (Å²) >= 11 is 0. The number of nitrogens with zero attached hydrogens (tertiary/aromatic N) is 1. The van der Waals surface area contributed by atoms with Gasteiger partial charge in [0.15, 0.2) is 6.10 Å². The summed E-state index contributed by atoms with van der Waals surface area (Å²) in [5.74, 6) is -6.32. The van der Waals surface area contributed by atoms with Crippen LogP contribution in [0.2, 0.25) is 0 Å². The molecule has 0 spiro atoms. The van der Waals surface area contributed by atoms with E-state index < -0.39 is 223 Å². The number of esters is 2. The highest BCUT2D eigenvalue weighted by Crippen LogP contribution is 2.38. The highest BCUT2D eigenvalue weighted by atomic mass is 31.2. The van der Waals surface area contributed by atoms with E-state index in [0.717, 1.165) is 21.1 Å². The largest absolute Gasteiger partial charge is 0.756 e. The van der Waals surface area contributed by atoms with Crippen LogP contribution in [0.15, 0.2) is 0 Å². The first kappa shape index (κ1) is 8.38. The number of phosphoric ester groups is 1. The lowest BCUT2D eigenvalue weighted by atomic mass is 10.1. The van der Waals surface area contributed by atoms with Crippen LogP contribution in [0.5, 0.6) is 0 Å². The van der Waals surface area contributed by atoms with E-state index in [1.807, 2.05) is 0 Å². The zero-order valence-corrected chi connectivity index (χ0v) is 25.0. The van der Waals surface area contributed by atoms with E-state index >= 15 is 0 Å². The number of ether oxygens (including phenoxy) is 2. The topological polar surface area (TPSA) is 111 Å². The Morgan fingerprint density at radius 3 is 1.50 bits per heavy atom. The third-order valence-corrected chi connectivity index (χ3v) is 3.99. The molecule has 10 heteroatoms. The van der Waals surface area contributed by atoms with Crippen LogP contribution in [-0.2, 0) is 32.7 Å². The van der Waals surface area contributed by atoms with Crippen LogP contribution in [0.3, 0.4) is 0 Å². The monoisotopic (exact) mass is 736 g/mol. The maximum atomic E-state index is 13.9. The number of carbonyl (C=O) groups is 2. The molecular formula is C36H72NO8P. The van der Waals surface area contributed by atoms with Gasteiger partial charge in [0, 0.05) is 86.8 Å². The number of carbonyl (C=O) groups excluding carboxylic acids is 2. The molecule has 0 amide bonds. The molecule has 0 aliphatic carbocycles. The molecule has 0 aromatic heterocycles. The molecule has 0 aliphatic heterocycles. The van der Waals surface area contributed by atoms with E-state index in [-0.39, 0.29) is 0 Å². The lowest BCUT2D eigenvalue weighted by Gasteiger charge is -2.28. The molecule has 0 fully saturated rings. The summed E-state index contributed by atoms with van der Waals surface area (Å²) in [6.45, 7) is -20.9. The average Bonchev–Trinajstić information content (AvgIpc) is 0.686. The van der Waals surface area contributed by atoms with Gasteiger partial charge in [-0.15, -0.1) is 0 Å². The van der Waals surface area contributed by atoms with Crippen molar-refractivity contribution in [2.45, 2.75) is 173 Å². The van der Waals surface area contributed by atoms with Crippen LogP contribution in [-0.4, -0.2) is 69.9 Å². The van der Waals surface area contributed by atoms with Crippen molar-refractivity contribution in [3.05, 3.63) is 0 Å². The standard InChI is InChI=1S/C36H72NO8P/c1-6-8-10-12-14-16-18-20-22-24-26-28-35(38)42-32-34(33-44-46(40,41)43-31-30-37(3,4)5)45-36(39)29-27-25-23-21-19-17-15-13-11-9-7-2/h34H,6-33H2,1-5H3/t34-/m1/s1/i1D3,2D3,6D2,7D2,8D2,9D2,10D2,11D2,12D2,13D2,14D2,15D2,16D2,17D2,18D2,19D2,20D2,21D2,22D2,23D2,24D2,25D2,26D2,27D2,28D2,29D2,30D2,31D2. The van der Waals surface area contributed by atoms with Gasteiger partial charge in [-0.2, -0.15) is 0 Å². The first-order valence-electron chi connectivity index (χ1n) is 40.7. The molecular weight excluding hydrogens is 605 g/mol. The third kappa shape index (κ3) is 32.9. The van der Waals surface area contributed by atoms with Gasteiger partial charge in [-0.25, -0.2) is 0 Å². The minimum Gasteiger partial charge on any atom is -0.756 e. The Labute approximate surface area is 364 Å². The summed E-state index contributed by atoms with van der Waals surface area (Å²) in [6.07, 6.45) is -129. The quantitative estimate of drug-likeness (QED) is 0.0366. The molecule has 0 bridgehead atoms. The molecule has 0 saturated carbocycles. The van der Waals surface area contributed by atoms with Gasteiger partial charge in [-0.3, -0.25) is 14.2 Å². The van der Waals surface area contributed by atoms with Crippen LogP contribution in [0.4, 0.5) is 0 Å². The van der Waals surface area contributed by atoms with Crippen molar-refractivity contribution in [1.29, 1.82) is 0 Å². The van der Waals surface area contributed by atoms with E-state index in [9.17, 15) is 19.0 Å². The maximum absolute atomic E-state index is 13.9. The minimum absolute atomic E-state index is 0.907. The normalized spacial score (nSPS) is 41.1. The smallest absolute Gasteiger partial charge is 0.306 e. The number of likely N-dealkylation sites (N-methyl/N-ethyl adjacent to an activating group) is 1. The van der Waals surface area contributed by atoms with Crippen LogP contribution >= 0.6 is 7.82 Å². The molecule has 2 atom stereocenters. The molecule has 0 aromatic carbocycles. The molecule has 1 unspecified atom stereocenters. The van der Waals surface area contributed by atoms with Crippen molar-refractivity contribution in [2.75, 3.05) is 47.4 Å². The van der Waals surface area contributed by atoms with Gasteiger partial charge >= 0.3 is 11.9 Å². The first-order valence-corrected chi connectivity index (χ1v) is 13.2. The Morgan fingerprint density at radius 2 is 1.07 bits per heavy atom. The fourth-order valence-corrected chi connectivity index (χ4v) is 2.20. The van der Waals surface area contributed by atoms with Crippen LogP contribution < -0.4 is 4.89 Å². The highest BCUT2D eigenvalue weighted by molar-refractivity contribution is 7.45. The zero-order chi connectivity index (χ0) is 86.0. The zero-order valence-electron chi connectivity index (χ0n) is 82.2. The van der Waals surface area contributed by atoms with Crippen LogP contribution in [0, 0.1) is 0 Å². The van der Waals surface area contributed by atoms with Crippen molar-refractivity contribution in [3.8, 4) is 0 Å². The predicted molar refractivity (Wildman–Crippen MR) is 185 cm³/mol. The van der Waals surface area contributed by atoms with E-state index in [1.54, 1.807) is 0 Å². The Balaban J connectivity index is 8.37. The fraction of sp³-hybridized carbons (Fsp3) is 0.944. The van der Waals surface area contributed by atoms with E-state index in [2.05, 4.69) is 18.5 Å². The van der Waals surface area contributed by atoms with Gasteiger partial charge in [0.1, 0.15) is 19.7 Å². The number of hydrogen-bond donors (Lipinski definition) is 0. The van der Waals surface area contributed by atoms with Crippen molar-refractivity contribution >= 4 is 19.8 Å². The second-order valence-corrected chi connectivity index (χ2v) is 9.02. The number of phosphoric acid groups is 1. The SMILES string of the molecule is [2H]C([2H])([2H])C([2H])([2H])C([2H])([2H])C([2H])([2H])C([2H])([2H])C([2H])([2H])C([2H])([2H])C([2H])([2H])C([2H])([2H])C([2H])([2H])C([2H])([2H])C([2H])([2H])C([2H])([2H])C(=O)OC[C@H](COP(=O)([O-])OC([2H])([2H])C([2H])([2H])[N+](C)(C)C)OC(=O)C([2H])([2H])C([2H])([2H])C([2H])([2H])C([2H])([2H])C([2H])([2H])C([2H])([2H])C([2H])([2H])C([2H])([2H])C([2H])([2H])C([2H])([2H])C([2H])([2H])C([2H])([2H])C([2H])([2H])[2H]. The lowest BCUT2D eigenvalue weighted by molar-refractivity contribution is -0.870. The van der Waals surface area contributed by atoms with E-state index in [0.29, 0.717) is 0 Å². The van der Waals surface area contributed by atoms with Crippen molar-refractivity contribution in [3.63, 3.8) is 0 Å². The third-order valence-electron chi connectivity index (χ3n) is 3.21. The summed E-state index contributed by atoms with van der Waals surface area (Å²) in [6, 6.07) is 0. The van der Waals surface area contributed by atoms with E-state index in [4.69, 9.17) is 79.5 Å². The van der Waals surface area contributed by atoms with Gasteiger partial charge < -0.3 is 27.9 Å². The Bertz CT molecular complexity index is 3150. The maximum Gasteiger partial charge on any atom is 0.306 e. The molecule has 0 heterocycles. The molecule has 0 aliphatic rings. The molecule has 274 valence electrons. The van der Waals surface area contributed by atoms with Gasteiger partial charge in [-0.05, 0) is 12.7 Å². The molecule has 0 rings (SSSR count). The minimum atomic E-state index is -6.69. The lowest BCUT2D eigenvalue weighted by Crippen LogP contribution is -2.37. The number of rotatable bonds is 34. The average molecular weight is 736 g/mol. The summed E-state index contributed by atoms with van der Waals surface area (Å²) in [7, 11) is -3.97. The fourth-order valence-electron chi connectivity index (χ4n) is 1.64. The predicted octanol–water partition coefficient (Wildman–Crippen LogP) is 9.05. The van der Waals surface area contributed by atoms with Gasteiger partial charge in [-0.1, -0.05) is 141 Å². The summed E-state index contributed by atoms with van der Waals surface area (Å²) in [5, 5.41) is 0. The van der Waals surface area contributed by atoms with Crippen LogP contribution in [0.25, 0.3) is 0 Å². The highest BCUT2D eigenvalue weighted by Gasteiger charge is 2.21. The van der Waals surface area contributed by atoms with Crippen molar-refractivity contribution in [1.82, 2.24) is 0 Å². The molecule has 0 N–H and O–H groups in total. The molecule has 0 aromatic rings. The summed E-state index contributed by atoms with van der Waals surface area (Å²) in [4.78, 5) is 40.8. The Kier molecular flexibility index (Phi) is 5.48. The second-order valence-electron chi connectivity index (χ2n) is 7.69. The summed E-state index contributed by atoms with van der Waals surface area (Å²) < 4.78 is 502. The van der Waals surface area contributed by atoms with E-state index in [1.165, 1.54) is 0 Å². The van der Waals surface area contributed by atoms with Gasteiger partial charge in [0.25, 0.3) is 7.82 Å². The van der Waals surface area contributed by atoms with Crippen molar-refractivity contribution in [2.24, 2.45) is 0 Å².